The average Bonchev–Trinajstić information content (AvgIpc) is 2.53. The normalized spacial score (nSPS) is 10.3. The van der Waals surface area contributed by atoms with Gasteiger partial charge in [-0.2, -0.15) is 0 Å². The molecule has 0 saturated carbocycles. The van der Waals surface area contributed by atoms with E-state index in [9.17, 15) is 4.79 Å². The van der Waals surface area contributed by atoms with E-state index in [1.165, 1.54) is 6.08 Å². The van der Waals surface area contributed by atoms with Gasteiger partial charge in [-0.15, -0.1) is 0 Å². The average molecular weight is 279 g/mol. The van der Waals surface area contributed by atoms with Crippen molar-refractivity contribution in [3.05, 3.63) is 78.9 Å². The van der Waals surface area contributed by atoms with Crippen LogP contribution in [0.25, 0.3) is 6.08 Å². The SMILES string of the molecule is C=CCOc1ccccc1NC(=O)/C=C/c1ccccc1. The summed E-state index contributed by atoms with van der Waals surface area (Å²) in [6.45, 7) is 4.00. The first kappa shape index (κ1) is 14.6. The van der Waals surface area contributed by atoms with Crippen LogP contribution in [0.2, 0.25) is 0 Å². The van der Waals surface area contributed by atoms with Crippen LogP contribution in [0, 0.1) is 0 Å². The fourth-order valence-electron chi connectivity index (χ4n) is 1.75. The Morgan fingerprint density at radius 2 is 1.81 bits per heavy atom. The maximum absolute atomic E-state index is 11.9. The van der Waals surface area contributed by atoms with Crippen molar-refractivity contribution < 1.29 is 9.53 Å². The number of benzene rings is 2. The highest BCUT2D eigenvalue weighted by molar-refractivity contribution is 6.02. The van der Waals surface area contributed by atoms with Crippen LogP contribution in [0.4, 0.5) is 5.69 Å². The number of hydrogen-bond acceptors (Lipinski definition) is 2. The van der Waals surface area contributed by atoms with Crippen molar-refractivity contribution in [2.45, 2.75) is 0 Å². The standard InChI is InChI=1S/C18H17NO2/c1-2-14-21-17-11-7-6-10-16(17)19-18(20)13-12-15-8-4-3-5-9-15/h2-13H,1,14H2,(H,19,20)/b13-12+. The second-order valence-electron chi connectivity index (χ2n) is 4.33. The molecule has 0 bridgehead atoms. The Bertz CT molecular complexity index is 633. The van der Waals surface area contributed by atoms with Crippen molar-refractivity contribution >= 4 is 17.7 Å². The minimum Gasteiger partial charge on any atom is -0.487 e. The van der Waals surface area contributed by atoms with Gasteiger partial charge in [0.25, 0.3) is 0 Å². The van der Waals surface area contributed by atoms with E-state index in [4.69, 9.17) is 4.74 Å². The molecule has 21 heavy (non-hydrogen) atoms. The second kappa shape index (κ2) is 7.70. The maximum Gasteiger partial charge on any atom is 0.248 e. The molecule has 0 saturated heterocycles. The molecule has 0 atom stereocenters. The van der Waals surface area contributed by atoms with Gasteiger partial charge in [-0.3, -0.25) is 4.79 Å². The van der Waals surface area contributed by atoms with E-state index in [-0.39, 0.29) is 5.91 Å². The summed E-state index contributed by atoms with van der Waals surface area (Å²) in [5.41, 5.74) is 1.62. The number of carbonyl (C=O) groups excluding carboxylic acids is 1. The van der Waals surface area contributed by atoms with E-state index in [0.717, 1.165) is 5.56 Å². The van der Waals surface area contributed by atoms with Gasteiger partial charge in [-0.05, 0) is 23.8 Å². The molecule has 3 heteroatoms. The highest BCUT2D eigenvalue weighted by Crippen LogP contribution is 2.23. The lowest BCUT2D eigenvalue weighted by atomic mass is 10.2. The number of para-hydroxylation sites is 2. The molecule has 0 heterocycles. The smallest absolute Gasteiger partial charge is 0.248 e. The molecule has 0 aliphatic carbocycles. The van der Waals surface area contributed by atoms with Crippen molar-refractivity contribution in [2.24, 2.45) is 0 Å². The fraction of sp³-hybridized carbons (Fsp3) is 0.0556. The number of anilines is 1. The number of nitrogens with one attached hydrogen (secondary N) is 1. The van der Waals surface area contributed by atoms with E-state index in [1.54, 1.807) is 24.3 Å². The Morgan fingerprint density at radius 1 is 1.10 bits per heavy atom. The maximum atomic E-state index is 11.9. The summed E-state index contributed by atoms with van der Waals surface area (Å²) in [4.78, 5) is 11.9. The molecule has 0 aliphatic rings. The predicted molar refractivity (Wildman–Crippen MR) is 86.2 cm³/mol. The summed E-state index contributed by atoms with van der Waals surface area (Å²) >= 11 is 0. The highest BCUT2D eigenvalue weighted by Gasteiger charge is 2.04. The molecule has 2 aromatic rings. The zero-order chi connectivity index (χ0) is 14.9. The van der Waals surface area contributed by atoms with E-state index in [0.29, 0.717) is 18.0 Å². The monoisotopic (exact) mass is 279 g/mol. The van der Waals surface area contributed by atoms with Gasteiger partial charge in [0.05, 0.1) is 5.69 Å². The van der Waals surface area contributed by atoms with E-state index in [2.05, 4.69) is 11.9 Å². The molecule has 1 N–H and O–H groups in total. The van der Waals surface area contributed by atoms with Gasteiger partial charge in [-0.1, -0.05) is 55.1 Å². The molecule has 0 radical (unpaired) electrons. The molecule has 0 unspecified atom stereocenters. The van der Waals surface area contributed by atoms with Crippen molar-refractivity contribution in [1.29, 1.82) is 0 Å². The second-order valence-corrected chi connectivity index (χ2v) is 4.33. The van der Waals surface area contributed by atoms with Crippen LogP contribution in [-0.2, 0) is 4.79 Å². The quantitative estimate of drug-likeness (QED) is 0.643. The van der Waals surface area contributed by atoms with Gasteiger partial charge in [0.1, 0.15) is 12.4 Å². The number of hydrogen-bond donors (Lipinski definition) is 1. The number of ether oxygens (including phenoxy) is 1. The summed E-state index contributed by atoms with van der Waals surface area (Å²) in [5, 5.41) is 2.80. The fourth-order valence-corrected chi connectivity index (χ4v) is 1.75. The Morgan fingerprint density at radius 3 is 2.57 bits per heavy atom. The zero-order valence-corrected chi connectivity index (χ0v) is 11.7. The van der Waals surface area contributed by atoms with Crippen LogP contribution in [0.5, 0.6) is 5.75 Å². The number of amides is 1. The van der Waals surface area contributed by atoms with Crippen LogP contribution in [0.15, 0.2) is 73.3 Å². The van der Waals surface area contributed by atoms with Crippen LogP contribution in [-0.4, -0.2) is 12.5 Å². The van der Waals surface area contributed by atoms with Crippen molar-refractivity contribution in [1.82, 2.24) is 0 Å². The topological polar surface area (TPSA) is 38.3 Å². The third-order valence-electron chi connectivity index (χ3n) is 2.73. The minimum absolute atomic E-state index is 0.200. The van der Waals surface area contributed by atoms with E-state index < -0.39 is 0 Å². The molecular formula is C18H17NO2. The van der Waals surface area contributed by atoms with Gasteiger partial charge in [0, 0.05) is 6.08 Å². The Kier molecular flexibility index (Phi) is 5.35. The molecule has 2 aromatic carbocycles. The zero-order valence-electron chi connectivity index (χ0n) is 11.7. The summed E-state index contributed by atoms with van der Waals surface area (Å²) in [5.74, 6) is 0.423. The molecule has 106 valence electrons. The Balaban J connectivity index is 2.02. The van der Waals surface area contributed by atoms with Gasteiger partial charge in [-0.25, -0.2) is 0 Å². The van der Waals surface area contributed by atoms with E-state index >= 15 is 0 Å². The molecule has 2 rings (SSSR count). The lowest BCUT2D eigenvalue weighted by molar-refractivity contribution is -0.111. The summed E-state index contributed by atoms with van der Waals surface area (Å²) in [7, 11) is 0. The third kappa shape index (κ3) is 4.66. The third-order valence-corrected chi connectivity index (χ3v) is 2.73. The Labute approximate surface area is 124 Å². The molecule has 3 nitrogen and oxygen atoms in total. The van der Waals surface area contributed by atoms with Gasteiger partial charge >= 0.3 is 0 Å². The molecule has 1 amide bonds. The molecule has 0 spiro atoms. The first-order valence-electron chi connectivity index (χ1n) is 6.66. The van der Waals surface area contributed by atoms with Crippen LogP contribution in [0.3, 0.4) is 0 Å². The van der Waals surface area contributed by atoms with Crippen LogP contribution in [0.1, 0.15) is 5.56 Å². The summed E-state index contributed by atoms with van der Waals surface area (Å²) < 4.78 is 5.49. The molecule has 0 fully saturated rings. The number of rotatable bonds is 6. The van der Waals surface area contributed by atoms with Gasteiger partial charge in [0.2, 0.25) is 5.91 Å². The minimum atomic E-state index is -0.200. The van der Waals surface area contributed by atoms with Gasteiger partial charge < -0.3 is 10.1 Å². The first-order chi connectivity index (χ1) is 10.3. The molecule has 0 aliphatic heterocycles. The van der Waals surface area contributed by atoms with Crippen molar-refractivity contribution in [3.63, 3.8) is 0 Å². The van der Waals surface area contributed by atoms with E-state index in [1.807, 2.05) is 42.5 Å². The first-order valence-corrected chi connectivity index (χ1v) is 6.66. The van der Waals surface area contributed by atoms with Gasteiger partial charge in [0.15, 0.2) is 0 Å². The predicted octanol–water partition coefficient (Wildman–Crippen LogP) is 3.90. The van der Waals surface area contributed by atoms with Crippen molar-refractivity contribution in [2.75, 3.05) is 11.9 Å². The van der Waals surface area contributed by atoms with Crippen molar-refractivity contribution in [3.8, 4) is 5.75 Å². The van der Waals surface area contributed by atoms with Crippen LogP contribution < -0.4 is 10.1 Å². The summed E-state index contributed by atoms with van der Waals surface area (Å²) in [6.07, 6.45) is 4.93. The molecular weight excluding hydrogens is 262 g/mol. The Hall–Kier alpha value is -2.81. The molecule has 0 aromatic heterocycles. The summed E-state index contributed by atoms with van der Waals surface area (Å²) in [6, 6.07) is 17.0. The lowest BCUT2D eigenvalue weighted by Crippen LogP contribution is -2.09. The van der Waals surface area contributed by atoms with Crippen LogP contribution >= 0.6 is 0 Å². The number of carbonyl (C=O) groups is 1. The lowest BCUT2D eigenvalue weighted by Gasteiger charge is -2.09. The highest BCUT2D eigenvalue weighted by atomic mass is 16.5. The largest absolute Gasteiger partial charge is 0.487 e.